The third kappa shape index (κ3) is 4.29. The summed E-state index contributed by atoms with van der Waals surface area (Å²) in [5.74, 6) is -1.48. The first-order valence-corrected chi connectivity index (χ1v) is 10.3. The number of hydrogen-bond donors (Lipinski definition) is 1. The predicted molar refractivity (Wildman–Crippen MR) is 116 cm³/mol. The molecule has 2 aromatic carbocycles. The van der Waals surface area contributed by atoms with E-state index in [1.54, 1.807) is 14.0 Å². The molecule has 1 aromatic heterocycles. The van der Waals surface area contributed by atoms with E-state index in [0.29, 0.717) is 12.1 Å². The average molecular weight is 478 g/mol. The molecule has 0 spiro atoms. The molecular formula is C22H22BrF2N3O2. The van der Waals surface area contributed by atoms with Crippen LogP contribution in [0.3, 0.4) is 0 Å². The van der Waals surface area contributed by atoms with Crippen LogP contribution in [0.2, 0.25) is 0 Å². The van der Waals surface area contributed by atoms with E-state index < -0.39 is 22.9 Å². The maximum absolute atomic E-state index is 14.2. The molecule has 0 bridgehead atoms. The van der Waals surface area contributed by atoms with Gasteiger partial charge in [0.25, 0.3) is 5.56 Å². The van der Waals surface area contributed by atoms with E-state index in [-0.39, 0.29) is 29.2 Å². The molecule has 0 amide bonds. The summed E-state index contributed by atoms with van der Waals surface area (Å²) in [5.41, 5.74) is -0.00453. The second-order valence-corrected chi connectivity index (χ2v) is 7.64. The number of nitrogens with one attached hydrogen (secondary N) is 1. The van der Waals surface area contributed by atoms with Gasteiger partial charge in [-0.1, -0.05) is 43.3 Å². The zero-order chi connectivity index (χ0) is 21.8. The Bertz CT molecular complexity index is 1140. The van der Waals surface area contributed by atoms with Crippen molar-refractivity contribution < 1.29 is 8.78 Å². The number of likely N-dealkylation sites (N-methyl/N-ethyl adjacent to an activating group) is 1. The maximum Gasteiger partial charge on any atom is 0.331 e. The highest BCUT2D eigenvalue weighted by atomic mass is 79.9. The van der Waals surface area contributed by atoms with E-state index >= 15 is 0 Å². The lowest BCUT2D eigenvalue weighted by Crippen LogP contribution is -2.44. The summed E-state index contributed by atoms with van der Waals surface area (Å²) in [6.45, 7) is 1.54. The van der Waals surface area contributed by atoms with Crippen LogP contribution in [-0.4, -0.2) is 16.2 Å². The lowest BCUT2D eigenvalue weighted by Gasteiger charge is -2.21. The Morgan fingerprint density at radius 2 is 1.63 bits per heavy atom. The third-order valence-corrected chi connectivity index (χ3v) is 5.90. The summed E-state index contributed by atoms with van der Waals surface area (Å²) >= 11 is 3.29. The fraction of sp³-hybridized carbons (Fsp3) is 0.273. The molecule has 0 saturated carbocycles. The molecule has 0 aliphatic rings. The number of aromatic nitrogens is 2. The standard InChI is InChI=1S/C22H22BrF2N3O2/c1-3-19-20(23)21(29)28(13-18(26-2)14-8-5-4-6-9-14)22(30)27(19)12-15-16(24)10-7-11-17(15)25/h4-11,18,26H,3,12-13H2,1-2H3/t18-/m0/s1. The molecule has 3 aromatic rings. The smallest absolute Gasteiger partial charge is 0.312 e. The second-order valence-electron chi connectivity index (χ2n) is 6.85. The molecule has 0 saturated heterocycles. The Labute approximate surface area is 181 Å². The molecule has 3 rings (SSSR count). The molecule has 0 aliphatic carbocycles. The van der Waals surface area contributed by atoms with Crippen molar-refractivity contribution in [2.24, 2.45) is 0 Å². The van der Waals surface area contributed by atoms with Crippen molar-refractivity contribution in [3.8, 4) is 0 Å². The van der Waals surface area contributed by atoms with Crippen molar-refractivity contribution in [1.82, 2.24) is 14.5 Å². The molecule has 1 atom stereocenters. The molecule has 0 radical (unpaired) electrons. The van der Waals surface area contributed by atoms with Gasteiger partial charge in [0.05, 0.1) is 19.1 Å². The van der Waals surface area contributed by atoms with Gasteiger partial charge in [0.1, 0.15) is 16.1 Å². The van der Waals surface area contributed by atoms with Crippen LogP contribution in [-0.2, 0) is 19.5 Å². The van der Waals surface area contributed by atoms with Crippen LogP contribution in [0.25, 0.3) is 0 Å². The zero-order valence-corrected chi connectivity index (χ0v) is 18.2. The maximum atomic E-state index is 14.2. The third-order valence-electron chi connectivity index (χ3n) is 5.10. The summed E-state index contributed by atoms with van der Waals surface area (Å²) in [7, 11) is 1.74. The number of hydrogen-bond acceptors (Lipinski definition) is 3. The average Bonchev–Trinajstić information content (AvgIpc) is 2.75. The highest BCUT2D eigenvalue weighted by Crippen LogP contribution is 2.18. The van der Waals surface area contributed by atoms with Gasteiger partial charge >= 0.3 is 5.69 Å². The van der Waals surface area contributed by atoms with E-state index in [9.17, 15) is 18.4 Å². The van der Waals surface area contributed by atoms with E-state index in [2.05, 4.69) is 21.2 Å². The van der Waals surface area contributed by atoms with Gasteiger partial charge in [0, 0.05) is 11.3 Å². The summed E-state index contributed by atoms with van der Waals surface area (Å²) in [6, 6.07) is 12.7. The van der Waals surface area contributed by atoms with Crippen molar-refractivity contribution in [1.29, 1.82) is 0 Å². The highest BCUT2D eigenvalue weighted by molar-refractivity contribution is 9.10. The minimum absolute atomic E-state index is 0.0700. The van der Waals surface area contributed by atoms with E-state index in [0.717, 1.165) is 22.3 Å². The molecule has 0 aliphatic heterocycles. The topological polar surface area (TPSA) is 56.0 Å². The van der Waals surface area contributed by atoms with Gasteiger partial charge in [-0.05, 0) is 47.1 Å². The van der Waals surface area contributed by atoms with Crippen LogP contribution < -0.4 is 16.6 Å². The first-order chi connectivity index (χ1) is 14.4. The van der Waals surface area contributed by atoms with Crippen molar-refractivity contribution in [3.05, 3.63) is 102 Å². The van der Waals surface area contributed by atoms with Crippen molar-refractivity contribution >= 4 is 15.9 Å². The molecule has 0 unspecified atom stereocenters. The predicted octanol–water partition coefficient (Wildman–Crippen LogP) is 3.62. The summed E-state index contributed by atoms with van der Waals surface area (Å²) < 4.78 is 31.0. The van der Waals surface area contributed by atoms with Gasteiger partial charge in [0.2, 0.25) is 0 Å². The van der Waals surface area contributed by atoms with E-state index in [1.807, 2.05) is 30.3 Å². The van der Waals surface area contributed by atoms with Crippen LogP contribution in [0, 0.1) is 11.6 Å². The lowest BCUT2D eigenvalue weighted by atomic mass is 10.1. The van der Waals surface area contributed by atoms with Crippen molar-refractivity contribution in [2.45, 2.75) is 32.5 Å². The minimum Gasteiger partial charge on any atom is -0.312 e. The number of halogens is 3. The Hall–Kier alpha value is -2.58. The van der Waals surface area contributed by atoms with Crippen molar-refractivity contribution in [3.63, 3.8) is 0 Å². The molecular weight excluding hydrogens is 456 g/mol. The number of benzene rings is 2. The molecule has 1 heterocycles. The first-order valence-electron chi connectivity index (χ1n) is 9.56. The zero-order valence-electron chi connectivity index (χ0n) is 16.7. The van der Waals surface area contributed by atoms with Crippen LogP contribution in [0.15, 0.2) is 62.6 Å². The van der Waals surface area contributed by atoms with Gasteiger partial charge in [-0.15, -0.1) is 0 Å². The minimum atomic E-state index is -0.741. The molecule has 1 N–H and O–H groups in total. The van der Waals surface area contributed by atoms with Gasteiger partial charge in [-0.25, -0.2) is 13.6 Å². The largest absolute Gasteiger partial charge is 0.331 e. The Balaban J connectivity index is 2.14. The lowest BCUT2D eigenvalue weighted by molar-refractivity contribution is 0.451. The van der Waals surface area contributed by atoms with Gasteiger partial charge < -0.3 is 5.32 Å². The Morgan fingerprint density at radius 1 is 1.00 bits per heavy atom. The van der Waals surface area contributed by atoms with E-state index in [1.165, 1.54) is 10.6 Å². The molecule has 0 fully saturated rings. The second kappa shape index (κ2) is 9.49. The first kappa shape index (κ1) is 22.1. The summed E-state index contributed by atoms with van der Waals surface area (Å²) in [5, 5.41) is 3.11. The Morgan fingerprint density at radius 3 is 2.20 bits per heavy atom. The number of nitrogens with zero attached hydrogens (tertiary/aromatic N) is 2. The molecule has 8 heteroatoms. The van der Waals surface area contributed by atoms with Crippen molar-refractivity contribution in [2.75, 3.05) is 7.05 Å². The SMILES string of the molecule is CCc1c(Br)c(=O)n(C[C@H](NC)c2ccccc2)c(=O)n1Cc1c(F)cccc1F. The number of rotatable bonds is 7. The Kier molecular flexibility index (Phi) is 6.99. The summed E-state index contributed by atoms with van der Waals surface area (Å²) in [4.78, 5) is 26.2. The monoisotopic (exact) mass is 477 g/mol. The van der Waals surface area contributed by atoms with Crippen LogP contribution in [0.4, 0.5) is 8.78 Å². The quantitative estimate of drug-likeness (QED) is 0.565. The van der Waals surface area contributed by atoms with Crippen LogP contribution in [0.1, 0.15) is 29.8 Å². The molecule has 30 heavy (non-hydrogen) atoms. The fourth-order valence-electron chi connectivity index (χ4n) is 3.45. The van der Waals surface area contributed by atoms with Crippen LogP contribution >= 0.6 is 15.9 Å². The van der Waals surface area contributed by atoms with Crippen LogP contribution in [0.5, 0.6) is 0 Å². The highest BCUT2D eigenvalue weighted by Gasteiger charge is 2.21. The molecule has 5 nitrogen and oxygen atoms in total. The summed E-state index contributed by atoms with van der Waals surface area (Å²) in [6.07, 6.45) is 0.343. The van der Waals surface area contributed by atoms with Gasteiger partial charge in [-0.3, -0.25) is 13.9 Å². The normalized spacial score (nSPS) is 12.2. The fourth-order valence-corrected chi connectivity index (χ4v) is 4.16. The van der Waals surface area contributed by atoms with Gasteiger partial charge in [-0.2, -0.15) is 0 Å². The molecule has 158 valence electrons. The van der Waals surface area contributed by atoms with E-state index in [4.69, 9.17) is 0 Å². The van der Waals surface area contributed by atoms with Gasteiger partial charge in [0.15, 0.2) is 0 Å².